The van der Waals surface area contributed by atoms with Crippen LogP contribution >= 0.6 is 0 Å². The van der Waals surface area contributed by atoms with Gasteiger partial charge in [-0.25, -0.2) is 9.18 Å². The molecule has 124 valence electrons. The maximum atomic E-state index is 13.3. The van der Waals surface area contributed by atoms with Crippen molar-refractivity contribution in [1.82, 2.24) is 5.32 Å². The summed E-state index contributed by atoms with van der Waals surface area (Å²) < 4.78 is 13.3. The zero-order valence-electron chi connectivity index (χ0n) is 13.3. The van der Waals surface area contributed by atoms with Gasteiger partial charge in [0, 0.05) is 24.3 Å². The summed E-state index contributed by atoms with van der Waals surface area (Å²) >= 11 is 0. The normalized spacial score (nSPS) is 17.0. The molecule has 6 heteroatoms. The van der Waals surface area contributed by atoms with Crippen LogP contribution in [0.4, 0.5) is 20.6 Å². The van der Waals surface area contributed by atoms with Gasteiger partial charge in [-0.15, -0.1) is 0 Å². The van der Waals surface area contributed by atoms with Crippen molar-refractivity contribution in [2.24, 2.45) is 0 Å². The Morgan fingerprint density at radius 2 is 1.96 bits per heavy atom. The number of halogens is 1. The lowest BCUT2D eigenvalue weighted by Gasteiger charge is -2.17. The third-order valence-corrected chi connectivity index (χ3v) is 3.89. The predicted molar refractivity (Wildman–Crippen MR) is 90.5 cm³/mol. The number of amides is 3. The largest absolute Gasteiger partial charge is 0.333 e. The van der Waals surface area contributed by atoms with E-state index in [1.165, 1.54) is 17.0 Å². The first-order valence-corrected chi connectivity index (χ1v) is 7.71. The second-order valence-electron chi connectivity index (χ2n) is 5.85. The summed E-state index contributed by atoms with van der Waals surface area (Å²) in [5.41, 5.74) is 2.29. The van der Waals surface area contributed by atoms with Crippen molar-refractivity contribution in [3.63, 3.8) is 0 Å². The fourth-order valence-electron chi connectivity index (χ4n) is 2.69. The van der Waals surface area contributed by atoms with Gasteiger partial charge in [-0.1, -0.05) is 23.8 Å². The van der Waals surface area contributed by atoms with E-state index >= 15 is 0 Å². The molecule has 24 heavy (non-hydrogen) atoms. The number of aryl methyl sites for hydroxylation is 1. The minimum Gasteiger partial charge on any atom is -0.333 e. The van der Waals surface area contributed by atoms with Crippen molar-refractivity contribution in [2.75, 3.05) is 16.8 Å². The zero-order valence-corrected chi connectivity index (χ0v) is 13.3. The highest BCUT2D eigenvalue weighted by molar-refractivity contribution is 5.97. The monoisotopic (exact) mass is 327 g/mol. The molecule has 0 saturated carbocycles. The second-order valence-corrected chi connectivity index (χ2v) is 5.85. The van der Waals surface area contributed by atoms with Gasteiger partial charge in [0.2, 0.25) is 5.91 Å². The minimum atomic E-state index is -0.395. The summed E-state index contributed by atoms with van der Waals surface area (Å²) in [6.07, 6.45) is 0.192. The van der Waals surface area contributed by atoms with Gasteiger partial charge >= 0.3 is 6.03 Å². The van der Waals surface area contributed by atoms with Gasteiger partial charge in [0.05, 0.1) is 6.04 Å². The molecule has 0 aromatic heterocycles. The van der Waals surface area contributed by atoms with Crippen LogP contribution in [0.25, 0.3) is 0 Å². The number of urea groups is 1. The van der Waals surface area contributed by atoms with Crippen molar-refractivity contribution in [2.45, 2.75) is 19.4 Å². The second kappa shape index (κ2) is 6.70. The highest BCUT2D eigenvalue weighted by Crippen LogP contribution is 2.22. The molecule has 3 rings (SSSR count). The van der Waals surface area contributed by atoms with E-state index in [9.17, 15) is 14.0 Å². The summed E-state index contributed by atoms with van der Waals surface area (Å²) in [5, 5.41) is 5.52. The van der Waals surface area contributed by atoms with Gasteiger partial charge in [0.1, 0.15) is 5.82 Å². The Morgan fingerprint density at radius 1 is 1.21 bits per heavy atom. The number of anilines is 2. The summed E-state index contributed by atoms with van der Waals surface area (Å²) in [7, 11) is 0. The molecule has 3 amide bonds. The molecule has 0 unspecified atom stereocenters. The zero-order chi connectivity index (χ0) is 17.1. The van der Waals surface area contributed by atoms with E-state index in [1.54, 1.807) is 12.1 Å². The molecule has 1 saturated heterocycles. The number of carbonyl (C=O) groups is 2. The third-order valence-electron chi connectivity index (χ3n) is 3.89. The molecule has 2 N–H and O–H groups in total. The number of hydrogen-bond donors (Lipinski definition) is 2. The number of benzene rings is 2. The third kappa shape index (κ3) is 3.71. The molecule has 0 aliphatic carbocycles. The number of nitrogens with zero attached hydrogens (tertiary/aromatic N) is 1. The number of rotatable bonds is 3. The van der Waals surface area contributed by atoms with Crippen LogP contribution in [0.5, 0.6) is 0 Å². The van der Waals surface area contributed by atoms with E-state index in [0.717, 1.165) is 5.56 Å². The molecule has 0 bridgehead atoms. The van der Waals surface area contributed by atoms with Crippen LogP contribution in [-0.2, 0) is 4.79 Å². The van der Waals surface area contributed by atoms with Gasteiger partial charge in [-0.3, -0.25) is 4.79 Å². The quantitative estimate of drug-likeness (QED) is 0.910. The molecule has 2 aromatic carbocycles. The molecule has 2 aromatic rings. The average molecular weight is 327 g/mol. The Labute approximate surface area is 139 Å². The number of hydrogen-bond acceptors (Lipinski definition) is 2. The molecule has 0 spiro atoms. The first-order chi connectivity index (χ1) is 11.5. The summed E-state index contributed by atoms with van der Waals surface area (Å²) in [5.74, 6) is -0.532. The first-order valence-electron chi connectivity index (χ1n) is 7.71. The van der Waals surface area contributed by atoms with E-state index in [4.69, 9.17) is 0 Å². The fraction of sp³-hybridized carbons (Fsp3) is 0.222. The van der Waals surface area contributed by atoms with Crippen LogP contribution in [0.2, 0.25) is 0 Å². The molecular formula is C18H18FN3O2. The van der Waals surface area contributed by atoms with Gasteiger partial charge in [0.15, 0.2) is 0 Å². The van der Waals surface area contributed by atoms with E-state index < -0.39 is 5.82 Å². The minimum absolute atomic E-state index is 0.138. The molecule has 1 aliphatic heterocycles. The topological polar surface area (TPSA) is 61.4 Å². The molecule has 0 radical (unpaired) electrons. The van der Waals surface area contributed by atoms with E-state index in [-0.39, 0.29) is 24.4 Å². The van der Waals surface area contributed by atoms with Crippen LogP contribution in [0.3, 0.4) is 0 Å². The van der Waals surface area contributed by atoms with Crippen LogP contribution in [0.15, 0.2) is 48.5 Å². The van der Waals surface area contributed by atoms with E-state index in [2.05, 4.69) is 10.6 Å². The standard InChI is InChI=1S/C18H18FN3O2/c1-12-5-7-14(8-6-12)20-18(24)21-15-10-17(23)22(11-15)16-4-2-3-13(19)9-16/h2-9,15H,10-11H2,1H3,(H2,20,21,24)/t15-/m1/s1. The van der Waals surface area contributed by atoms with Crippen LogP contribution in [0, 0.1) is 12.7 Å². The van der Waals surface area contributed by atoms with E-state index in [0.29, 0.717) is 17.9 Å². The lowest BCUT2D eigenvalue weighted by Crippen LogP contribution is -2.39. The molecular weight excluding hydrogens is 309 g/mol. The number of carbonyl (C=O) groups excluding carboxylic acids is 2. The van der Waals surface area contributed by atoms with Crippen LogP contribution in [0.1, 0.15) is 12.0 Å². The predicted octanol–water partition coefficient (Wildman–Crippen LogP) is 3.06. The average Bonchev–Trinajstić information content (AvgIpc) is 2.90. The molecule has 1 atom stereocenters. The fourth-order valence-corrected chi connectivity index (χ4v) is 2.69. The molecule has 1 fully saturated rings. The maximum absolute atomic E-state index is 13.3. The van der Waals surface area contributed by atoms with Crippen molar-refractivity contribution in [1.29, 1.82) is 0 Å². The Kier molecular flexibility index (Phi) is 4.46. The Balaban J connectivity index is 1.59. The summed E-state index contributed by atoms with van der Waals surface area (Å²) in [6.45, 7) is 2.29. The first kappa shape index (κ1) is 16.0. The van der Waals surface area contributed by atoms with Crippen molar-refractivity contribution >= 4 is 23.3 Å². The smallest absolute Gasteiger partial charge is 0.319 e. The molecule has 1 aliphatic rings. The highest BCUT2D eigenvalue weighted by atomic mass is 19.1. The Morgan fingerprint density at radius 3 is 2.67 bits per heavy atom. The van der Waals surface area contributed by atoms with Gasteiger partial charge in [-0.05, 0) is 37.3 Å². The highest BCUT2D eigenvalue weighted by Gasteiger charge is 2.31. The summed E-state index contributed by atoms with van der Waals surface area (Å²) in [6, 6.07) is 12.6. The van der Waals surface area contributed by atoms with Gasteiger partial charge in [0.25, 0.3) is 0 Å². The maximum Gasteiger partial charge on any atom is 0.319 e. The molecule has 1 heterocycles. The molecule has 5 nitrogen and oxygen atoms in total. The van der Waals surface area contributed by atoms with Crippen LogP contribution < -0.4 is 15.5 Å². The van der Waals surface area contributed by atoms with Crippen molar-refractivity contribution < 1.29 is 14.0 Å². The summed E-state index contributed by atoms with van der Waals surface area (Å²) in [4.78, 5) is 25.6. The van der Waals surface area contributed by atoms with E-state index in [1.807, 2.05) is 31.2 Å². The van der Waals surface area contributed by atoms with Gasteiger partial charge < -0.3 is 15.5 Å². The van der Waals surface area contributed by atoms with Crippen molar-refractivity contribution in [3.05, 3.63) is 59.9 Å². The Bertz CT molecular complexity index is 761. The SMILES string of the molecule is Cc1ccc(NC(=O)N[C@@H]2CC(=O)N(c3cccc(F)c3)C2)cc1. The number of nitrogens with one attached hydrogen (secondary N) is 2. The Hall–Kier alpha value is -2.89. The van der Waals surface area contributed by atoms with Gasteiger partial charge in [-0.2, -0.15) is 0 Å². The van der Waals surface area contributed by atoms with Crippen LogP contribution in [-0.4, -0.2) is 24.5 Å². The lowest BCUT2D eigenvalue weighted by atomic mass is 10.2. The lowest BCUT2D eigenvalue weighted by molar-refractivity contribution is -0.117. The van der Waals surface area contributed by atoms with Crippen molar-refractivity contribution in [3.8, 4) is 0 Å².